The second kappa shape index (κ2) is 11.3. The van der Waals surface area contributed by atoms with E-state index in [4.69, 9.17) is 13.9 Å². The Bertz CT molecular complexity index is 1200. The van der Waals surface area contributed by atoms with Crippen LogP contribution < -0.4 is 10.6 Å². The summed E-state index contributed by atoms with van der Waals surface area (Å²) in [4.78, 5) is 37.9. The van der Waals surface area contributed by atoms with Crippen LogP contribution in [-0.2, 0) is 25.6 Å². The molecule has 0 saturated heterocycles. The summed E-state index contributed by atoms with van der Waals surface area (Å²) >= 11 is 0. The van der Waals surface area contributed by atoms with E-state index in [1.807, 2.05) is 36.4 Å². The number of alkyl carbamates (subject to hydrolysis) is 1. The number of amides is 2. The molecule has 0 saturated carbocycles. The van der Waals surface area contributed by atoms with Gasteiger partial charge < -0.3 is 24.5 Å². The standard InChI is InChI=1S/C29H32N2O6/c1-29(2,3)37-27(33)25(14-15-26(32)30-17-19-9-8-16-35-19)31-28(34)36-18-24-22-12-6-4-10-20(22)21-11-5-7-13-23(21)24/h4-13,16,24-25H,14-15,17-18H2,1-3H3,(H,30,32)(H,31,34). The molecular weight excluding hydrogens is 472 g/mol. The average molecular weight is 505 g/mol. The van der Waals surface area contributed by atoms with E-state index in [0.717, 1.165) is 22.3 Å². The molecule has 37 heavy (non-hydrogen) atoms. The fourth-order valence-electron chi connectivity index (χ4n) is 4.37. The van der Waals surface area contributed by atoms with Crippen LogP contribution >= 0.6 is 0 Å². The molecule has 1 aliphatic rings. The van der Waals surface area contributed by atoms with Crippen LogP contribution in [0.4, 0.5) is 4.79 Å². The maximum absolute atomic E-state index is 12.8. The van der Waals surface area contributed by atoms with E-state index in [1.165, 1.54) is 6.26 Å². The molecule has 0 bridgehead atoms. The quantitative estimate of drug-likeness (QED) is 0.401. The third-order valence-electron chi connectivity index (χ3n) is 6.03. The van der Waals surface area contributed by atoms with Gasteiger partial charge >= 0.3 is 12.1 Å². The van der Waals surface area contributed by atoms with Gasteiger partial charge in [-0.05, 0) is 61.6 Å². The number of ether oxygens (including phenoxy) is 2. The molecule has 1 atom stereocenters. The number of carbonyl (C=O) groups is 3. The number of carbonyl (C=O) groups excluding carboxylic acids is 3. The van der Waals surface area contributed by atoms with E-state index in [9.17, 15) is 14.4 Å². The first-order chi connectivity index (χ1) is 17.7. The van der Waals surface area contributed by atoms with Gasteiger partial charge in [-0.1, -0.05) is 48.5 Å². The lowest BCUT2D eigenvalue weighted by atomic mass is 9.98. The summed E-state index contributed by atoms with van der Waals surface area (Å²) < 4.78 is 16.3. The second-order valence-corrected chi connectivity index (χ2v) is 9.95. The predicted molar refractivity (Wildman–Crippen MR) is 138 cm³/mol. The average Bonchev–Trinajstić information content (AvgIpc) is 3.49. The first-order valence-corrected chi connectivity index (χ1v) is 12.3. The summed E-state index contributed by atoms with van der Waals surface area (Å²) in [6.07, 6.45) is 0.851. The number of rotatable bonds is 9. The molecule has 1 aliphatic carbocycles. The highest BCUT2D eigenvalue weighted by atomic mass is 16.6. The Morgan fingerprint density at radius 3 is 2.19 bits per heavy atom. The number of benzene rings is 2. The van der Waals surface area contributed by atoms with Crippen LogP contribution in [0.15, 0.2) is 71.3 Å². The van der Waals surface area contributed by atoms with Crippen LogP contribution in [0, 0.1) is 0 Å². The Morgan fingerprint density at radius 1 is 0.946 bits per heavy atom. The molecule has 3 aromatic rings. The SMILES string of the molecule is CC(C)(C)OC(=O)C(CCC(=O)NCc1ccco1)NC(=O)OCC1c2ccccc2-c2ccccc21. The molecule has 2 amide bonds. The highest BCUT2D eigenvalue weighted by Crippen LogP contribution is 2.44. The van der Waals surface area contributed by atoms with Crippen molar-refractivity contribution in [3.8, 4) is 11.1 Å². The fourth-order valence-corrected chi connectivity index (χ4v) is 4.37. The summed E-state index contributed by atoms with van der Waals surface area (Å²) in [5.74, 6) is -0.390. The van der Waals surface area contributed by atoms with Crippen molar-refractivity contribution in [1.29, 1.82) is 0 Å². The molecule has 0 spiro atoms. The zero-order valence-electron chi connectivity index (χ0n) is 21.3. The van der Waals surface area contributed by atoms with Gasteiger partial charge in [0.1, 0.15) is 24.0 Å². The minimum atomic E-state index is -1.04. The summed E-state index contributed by atoms with van der Waals surface area (Å²) in [6, 6.07) is 18.5. The Balaban J connectivity index is 1.36. The van der Waals surface area contributed by atoms with Crippen LogP contribution in [0.2, 0.25) is 0 Å². The molecule has 1 aromatic heterocycles. The van der Waals surface area contributed by atoms with Gasteiger partial charge in [0, 0.05) is 12.3 Å². The number of esters is 1. The number of hydrogen-bond donors (Lipinski definition) is 2. The Hall–Kier alpha value is -4.07. The number of nitrogens with one attached hydrogen (secondary N) is 2. The lowest BCUT2D eigenvalue weighted by molar-refractivity contribution is -0.157. The van der Waals surface area contributed by atoms with Gasteiger partial charge in [-0.3, -0.25) is 4.79 Å². The molecule has 2 aromatic carbocycles. The lowest BCUT2D eigenvalue weighted by Crippen LogP contribution is -2.45. The van der Waals surface area contributed by atoms with Crippen molar-refractivity contribution in [2.45, 2.75) is 57.7 Å². The normalized spacial score (nSPS) is 13.3. The molecule has 0 fully saturated rings. The topological polar surface area (TPSA) is 107 Å². The van der Waals surface area contributed by atoms with Crippen molar-refractivity contribution >= 4 is 18.0 Å². The first kappa shape index (κ1) is 26.0. The van der Waals surface area contributed by atoms with E-state index in [-0.39, 0.29) is 37.8 Å². The van der Waals surface area contributed by atoms with Gasteiger partial charge in [0.2, 0.25) is 5.91 Å². The molecule has 0 aliphatic heterocycles. The summed E-state index contributed by atoms with van der Waals surface area (Å²) in [5, 5.41) is 5.34. The summed E-state index contributed by atoms with van der Waals surface area (Å²) in [7, 11) is 0. The highest BCUT2D eigenvalue weighted by Gasteiger charge is 2.31. The van der Waals surface area contributed by atoms with Gasteiger partial charge in [0.05, 0.1) is 12.8 Å². The Kier molecular flexibility index (Phi) is 7.96. The molecule has 8 heteroatoms. The van der Waals surface area contributed by atoms with Crippen LogP contribution in [0.25, 0.3) is 11.1 Å². The fraction of sp³-hybridized carbons (Fsp3) is 0.345. The van der Waals surface area contributed by atoms with Crippen molar-refractivity contribution in [2.24, 2.45) is 0 Å². The van der Waals surface area contributed by atoms with Crippen molar-refractivity contribution in [2.75, 3.05) is 6.61 Å². The van der Waals surface area contributed by atoms with Crippen LogP contribution in [0.1, 0.15) is 56.4 Å². The minimum Gasteiger partial charge on any atom is -0.467 e. The number of fused-ring (bicyclic) bond motifs is 3. The maximum atomic E-state index is 12.8. The smallest absolute Gasteiger partial charge is 0.407 e. The summed E-state index contributed by atoms with van der Waals surface area (Å²) in [5.41, 5.74) is 3.68. The van der Waals surface area contributed by atoms with Gasteiger partial charge in [-0.2, -0.15) is 0 Å². The Labute approximate surface area is 216 Å². The van der Waals surface area contributed by atoms with E-state index in [0.29, 0.717) is 5.76 Å². The number of furan rings is 1. The molecule has 4 rings (SSSR count). The van der Waals surface area contributed by atoms with E-state index in [1.54, 1.807) is 32.9 Å². The zero-order valence-corrected chi connectivity index (χ0v) is 21.3. The van der Waals surface area contributed by atoms with Gasteiger partial charge in [-0.15, -0.1) is 0 Å². The monoisotopic (exact) mass is 504 g/mol. The van der Waals surface area contributed by atoms with Gasteiger partial charge in [-0.25, -0.2) is 9.59 Å². The van der Waals surface area contributed by atoms with Gasteiger partial charge in [0.15, 0.2) is 0 Å². The van der Waals surface area contributed by atoms with Crippen molar-refractivity contribution in [3.63, 3.8) is 0 Å². The van der Waals surface area contributed by atoms with Crippen molar-refractivity contribution in [1.82, 2.24) is 10.6 Å². The van der Waals surface area contributed by atoms with E-state index >= 15 is 0 Å². The van der Waals surface area contributed by atoms with Crippen molar-refractivity contribution in [3.05, 3.63) is 83.8 Å². The van der Waals surface area contributed by atoms with E-state index in [2.05, 4.69) is 22.8 Å². The summed E-state index contributed by atoms with van der Waals surface area (Å²) in [6.45, 7) is 5.58. The molecule has 194 valence electrons. The molecule has 8 nitrogen and oxygen atoms in total. The third-order valence-corrected chi connectivity index (χ3v) is 6.03. The first-order valence-electron chi connectivity index (χ1n) is 12.3. The van der Waals surface area contributed by atoms with Crippen LogP contribution in [-0.4, -0.2) is 36.2 Å². The largest absolute Gasteiger partial charge is 0.467 e. The number of hydrogen-bond acceptors (Lipinski definition) is 6. The predicted octanol–water partition coefficient (Wildman–Crippen LogP) is 4.93. The Morgan fingerprint density at radius 2 is 1.59 bits per heavy atom. The minimum absolute atomic E-state index is 0.00821. The van der Waals surface area contributed by atoms with Crippen LogP contribution in [0.3, 0.4) is 0 Å². The molecule has 2 N–H and O–H groups in total. The molecule has 1 heterocycles. The molecule has 1 unspecified atom stereocenters. The third kappa shape index (κ3) is 6.78. The zero-order chi connectivity index (χ0) is 26.4. The van der Waals surface area contributed by atoms with Crippen molar-refractivity contribution < 1.29 is 28.3 Å². The lowest BCUT2D eigenvalue weighted by Gasteiger charge is -2.24. The second-order valence-electron chi connectivity index (χ2n) is 9.95. The molecule has 0 radical (unpaired) electrons. The molecular formula is C29H32N2O6. The van der Waals surface area contributed by atoms with E-state index < -0.39 is 23.7 Å². The highest BCUT2D eigenvalue weighted by molar-refractivity contribution is 5.83. The van der Waals surface area contributed by atoms with Gasteiger partial charge in [0.25, 0.3) is 0 Å². The van der Waals surface area contributed by atoms with Crippen LogP contribution in [0.5, 0.6) is 0 Å². The maximum Gasteiger partial charge on any atom is 0.407 e.